The molecule has 4 heterocycles. The van der Waals surface area contributed by atoms with Crippen molar-refractivity contribution in [3.63, 3.8) is 0 Å². The van der Waals surface area contributed by atoms with Crippen LogP contribution in [0.4, 0.5) is 4.39 Å². The zero-order valence-electron chi connectivity index (χ0n) is 18.6. The molecule has 5 rings (SSSR count). The van der Waals surface area contributed by atoms with Gasteiger partial charge in [0.25, 0.3) is 5.91 Å². The lowest BCUT2D eigenvalue weighted by Gasteiger charge is -2.16. The van der Waals surface area contributed by atoms with Crippen molar-refractivity contribution in [1.29, 1.82) is 0 Å². The van der Waals surface area contributed by atoms with Gasteiger partial charge in [-0.05, 0) is 42.3 Å². The van der Waals surface area contributed by atoms with E-state index in [0.717, 1.165) is 32.6 Å². The maximum absolute atomic E-state index is 13.6. The summed E-state index contributed by atoms with van der Waals surface area (Å²) < 4.78 is 17.2. The molecule has 0 radical (unpaired) electrons. The smallest absolute Gasteiger partial charge is 0.261 e. The van der Waals surface area contributed by atoms with Crippen molar-refractivity contribution < 1.29 is 14.3 Å². The number of carbonyl (C=O) groups excluding carboxylic acids is 1. The molecular weight excluding hydrogens is 453 g/mol. The molecule has 0 spiro atoms. The van der Waals surface area contributed by atoms with E-state index in [2.05, 4.69) is 15.5 Å². The first-order valence-corrected chi connectivity index (χ1v) is 11.5. The van der Waals surface area contributed by atoms with Gasteiger partial charge in [-0.15, -0.1) is 11.3 Å². The van der Waals surface area contributed by atoms with E-state index in [9.17, 15) is 14.3 Å². The Morgan fingerprint density at radius 3 is 2.71 bits per heavy atom. The van der Waals surface area contributed by atoms with Gasteiger partial charge in [-0.25, -0.2) is 8.91 Å². The van der Waals surface area contributed by atoms with Gasteiger partial charge in [-0.2, -0.15) is 10.2 Å². The highest BCUT2D eigenvalue weighted by atomic mass is 32.1. The summed E-state index contributed by atoms with van der Waals surface area (Å²) in [5, 5.41) is 21.3. The number of amides is 1. The SMILES string of the molecule is Cc1sc(C(=O)N[C@H](CO)c2cccc(F)c2)cc1-c1cnn2cc(-c3cnn(C)c3)ccc12. The fourth-order valence-electron chi connectivity index (χ4n) is 3.98. The van der Waals surface area contributed by atoms with E-state index in [1.807, 2.05) is 55.3 Å². The summed E-state index contributed by atoms with van der Waals surface area (Å²) >= 11 is 1.37. The molecular formula is C25H22FN5O2S. The van der Waals surface area contributed by atoms with E-state index in [1.54, 1.807) is 23.0 Å². The van der Waals surface area contributed by atoms with Crippen LogP contribution in [-0.4, -0.2) is 37.0 Å². The van der Waals surface area contributed by atoms with Crippen LogP contribution in [-0.2, 0) is 7.05 Å². The Kier molecular flexibility index (Phi) is 5.72. The zero-order chi connectivity index (χ0) is 23.8. The topological polar surface area (TPSA) is 84.4 Å². The summed E-state index contributed by atoms with van der Waals surface area (Å²) in [6.45, 7) is 1.63. The number of rotatable bonds is 6. The minimum atomic E-state index is -0.697. The van der Waals surface area contributed by atoms with E-state index in [1.165, 1.54) is 23.5 Å². The third kappa shape index (κ3) is 4.11. The molecule has 1 amide bonds. The van der Waals surface area contributed by atoms with Crippen LogP contribution in [0.15, 0.2) is 67.3 Å². The normalized spacial score (nSPS) is 12.2. The van der Waals surface area contributed by atoms with E-state index >= 15 is 0 Å². The molecule has 0 aliphatic heterocycles. The number of carbonyl (C=O) groups is 1. The van der Waals surface area contributed by atoms with E-state index < -0.39 is 11.9 Å². The van der Waals surface area contributed by atoms with Crippen molar-refractivity contribution in [2.24, 2.45) is 7.05 Å². The molecule has 172 valence electrons. The van der Waals surface area contributed by atoms with E-state index in [-0.39, 0.29) is 12.5 Å². The number of aryl methyl sites for hydroxylation is 2. The molecule has 0 bridgehead atoms. The van der Waals surface area contributed by atoms with Gasteiger partial charge in [0.05, 0.1) is 35.4 Å². The first kappa shape index (κ1) is 22.0. The second-order valence-corrected chi connectivity index (χ2v) is 9.31. The Bertz CT molecular complexity index is 1500. The summed E-state index contributed by atoms with van der Waals surface area (Å²) in [4.78, 5) is 14.4. The number of pyridine rings is 1. The highest BCUT2D eigenvalue weighted by molar-refractivity contribution is 7.14. The van der Waals surface area contributed by atoms with Crippen LogP contribution in [0.3, 0.4) is 0 Å². The lowest BCUT2D eigenvalue weighted by atomic mass is 10.1. The number of aromatic nitrogens is 4. The number of nitrogens with one attached hydrogen (secondary N) is 1. The number of hydrogen-bond donors (Lipinski definition) is 2. The van der Waals surface area contributed by atoms with Gasteiger partial charge in [0.15, 0.2) is 0 Å². The van der Waals surface area contributed by atoms with Crippen LogP contribution >= 0.6 is 11.3 Å². The molecule has 0 saturated heterocycles. The highest BCUT2D eigenvalue weighted by Gasteiger charge is 2.20. The van der Waals surface area contributed by atoms with Gasteiger partial charge in [-0.1, -0.05) is 18.2 Å². The summed E-state index contributed by atoms with van der Waals surface area (Å²) in [5.41, 5.74) is 5.29. The first-order valence-electron chi connectivity index (χ1n) is 10.7. The standard InChI is InChI=1S/C25H22FN5O2S/c1-15-20(9-24(34-15)25(33)29-22(14-32)16-4-3-5-19(26)8-16)21-11-28-31-13-17(6-7-23(21)31)18-10-27-30(2)12-18/h3-13,22,32H,14H2,1-2H3,(H,29,33)/t22-/m1/s1. The van der Waals surface area contributed by atoms with Gasteiger partial charge >= 0.3 is 0 Å². The number of hydrogen-bond acceptors (Lipinski definition) is 5. The minimum Gasteiger partial charge on any atom is -0.394 e. The van der Waals surface area contributed by atoms with Crippen LogP contribution in [0.25, 0.3) is 27.8 Å². The molecule has 2 N–H and O–H groups in total. The molecule has 4 aromatic heterocycles. The van der Waals surface area contributed by atoms with Crippen molar-refractivity contribution in [2.45, 2.75) is 13.0 Å². The first-order chi connectivity index (χ1) is 16.4. The molecule has 1 aromatic carbocycles. The van der Waals surface area contributed by atoms with Crippen molar-refractivity contribution in [2.75, 3.05) is 6.61 Å². The average Bonchev–Trinajstić information content (AvgIpc) is 3.54. The molecule has 0 aliphatic carbocycles. The van der Waals surface area contributed by atoms with Gasteiger partial charge in [0.2, 0.25) is 0 Å². The Labute approximate surface area is 199 Å². The Morgan fingerprint density at radius 2 is 1.97 bits per heavy atom. The predicted octanol–water partition coefficient (Wildman–Crippen LogP) is 4.37. The molecule has 0 fully saturated rings. The number of halogens is 1. The van der Waals surface area contributed by atoms with Crippen LogP contribution in [0, 0.1) is 12.7 Å². The minimum absolute atomic E-state index is 0.321. The van der Waals surface area contributed by atoms with Crippen LogP contribution in [0.1, 0.15) is 26.2 Å². The Morgan fingerprint density at radius 1 is 1.12 bits per heavy atom. The third-order valence-electron chi connectivity index (χ3n) is 5.73. The summed E-state index contributed by atoms with van der Waals surface area (Å²) in [6, 6.07) is 11.0. The molecule has 9 heteroatoms. The molecule has 0 unspecified atom stereocenters. The molecule has 5 aromatic rings. The maximum Gasteiger partial charge on any atom is 0.261 e. The fraction of sp³-hybridized carbons (Fsp3) is 0.160. The molecule has 7 nitrogen and oxygen atoms in total. The van der Waals surface area contributed by atoms with E-state index in [0.29, 0.717) is 10.4 Å². The summed E-state index contributed by atoms with van der Waals surface area (Å²) in [6.07, 6.45) is 7.50. The number of aliphatic hydroxyl groups is 1. The number of aliphatic hydroxyl groups excluding tert-OH is 1. The number of benzene rings is 1. The third-order valence-corrected chi connectivity index (χ3v) is 6.77. The summed E-state index contributed by atoms with van der Waals surface area (Å²) in [7, 11) is 1.88. The van der Waals surface area contributed by atoms with Crippen molar-refractivity contribution in [3.05, 3.63) is 88.4 Å². The lowest BCUT2D eigenvalue weighted by Crippen LogP contribution is -2.30. The summed E-state index contributed by atoms with van der Waals surface area (Å²) in [5.74, 6) is -0.739. The second-order valence-electron chi connectivity index (χ2n) is 8.05. The quantitative estimate of drug-likeness (QED) is 0.382. The van der Waals surface area contributed by atoms with E-state index in [4.69, 9.17) is 0 Å². The fourth-order valence-corrected chi connectivity index (χ4v) is 4.92. The van der Waals surface area contributed by atoms with Gasteiger partial charge < -0.3 is 10.4 Å². The number of fused-ring (bicyclic) bond motifs is 1. The van der Waals surface area contributed by atoms with Crippen LogP contribution in [0.5, 0.6) is 0 Å². The second kappa shape index (κ2) is 8.85. The number of nitrogens with zero attached hydrogens (tertiary/aromatic N) is 4. The van der Waals surface area contributed by atoms with Gasteiger partial charge in [0, 0.05) is 41.0 Å². The maximum atomic E-state index is 13.6. The molecule has 34 heavy (non-hydrogen) atoms. The van der Waals surface area contributed by atoms with Crippen LogP contribution < -0.4 is 5.32 Å². The Balaban J connectivity index is 1.42. The van der Waals surface area contributed by atoms with Crippen molar-refractivity contribution in [3.8, 4) is 22.3 Å². The van der Waals surface area contributed by atoms with Crippen molar-refractivity contribution >= 4 is 22.8 Å². The van der Waals surface area contributed by atoms with Gasteiger partial charge in [0.1, 0.15) is 5.82 Å². The molecule has 1 atom stereocenters. The predicted molar refractivity (Wildman–Crippen MR) is 129 cm³/mol. The average molecular weight is 476 g/mol. The Hall–Kier alpha value is -3.82. The largest absolute Gasteiger partial charge is 0.394 e. The number of thiophene rings is 1. The van der Waals surface area contributed by atoms with Crippen LogP contribution in [0.2, 0.25) is 0 Å². The zero-order valence-corrected chi connectivity index (χ0v) is 19.4. The monoisotopic (exact) mass is 475 g/mol. The highest BCUT2D eigenvalue weighted by Crippen LogP contribution is 2.34. The molecule has 0 aliphatic rings. The lowest BCUT2D eigenvalue weighted by molar-refractivity contribution is 0.0920. The molecule has 0 saturated carbocycles. The van der Waals surface area contributed by atoms with Gasteiger partial charge in [-0.3, -0.25) is 9.48 Å². The van der Waals surface area contributed by atoms with Crippen molar-refractivity contribution in [1.82, 2.24) is 24.7 Å².